The standard InChI is InChI=1S/C11H20O2/c1-2-5-10(12)6-3-7-11-8-4-9-13-11/h11H,2-9H2,1H3. The maximum absolute atomic E-state index is 11.2. The first-order chi connectivity index (χ1) is 6.33. The van der Waals surface area contributed by atoms with E-state index in [9.17, 15) is 4.79 Å². The number of Topliss-reactive ketones (excluding diaryl/α,β-unsaturated/α-hetero) is 1. The van der Waals surface area contributed by atoms with E-state index in [1.165, 1.54) is 12.8 Å². The molecule has 0 aromatic heterocycles. The molecule has 0 spiro atoms. The molecule has 76 valence electrons. The lowest BCUT2D eigenvalue weighted by Gasteiger charge is -2.07. The number of hydrogen-bond acceptors (Lipinski definition) is 2. The van der Waals surface area contributed by atoms with Crippen molar-refractivity contribution in [2.45, 2.75) is 58.0 Å². The highest BCUT2D eigenvalue weighted by atomic mass is 16.5. The van der Waals surface area contributed by atoms with E-state index in [0.29, 0.717) is 11.9 Å². The molecular formula is C11H20O2. The Morgan fingerprint density at radius 3 is 2.92 bits per heavy atom. The fraction of sp³-hybridized carbons (Fsp3) is 0.909. The van der Waals surface area contributed by atoms with Crippen molar-refractivity contribution in [1.82, 2.24) is 0 Å². The van der Waals surface area contributed by atoms with Crippen LogP contribution in [0.25, 0.3) is 0 Å². The summed E-state index contributed by atoms with van der Waals surface area (Å²) in [5.41, 5.74) is 0. The average molecular weight is 184 g/mol. The van der Waals surface area contributed by atoms with Crippen molar-refractivity contribution in [3.05, 3.63) is 0 Å². The van der Waals surface area contributed by atoms with E-state index < -0.39 is 0 Å². The molecule has 0 aromatic rings. The zero-order valence-electron chi connectivity index (χ0n) is 8.55. The van der Waals surface area contributed by atoms with Crippen LogP contribution >= 0.6 is 0 Å². The van der Waals surface area contributed by atoms with Crippen LogP contribution in [0.2, 0.25) is 0 Å². The molecule has 0 bridgehead atoms. The molecule has 1 heterocycles. The molecule has 2 heteroatoms. The predicted octanol–water partition coefficient (Wildman–Crippen LogP) is 2.70. The minimum Gasteiger partial charge on any atom is -0.378 e. The van der Waals surface area contributed by atoms with Crippen molar-refractivity contribution in [3.8, 4) is 0 Å². The summed E-state index contributed by atoms with van der Waals surface area (Å²) in [6.45, 7) is 2.98. The summed E-state index contributed by atoms with van der Waals surface area (Å²) in [4.78, 5) is 11.2. The first-order valence-electron chi connectivity index (χ1n) is 5.46. The Balaban J connectivity index is 1.96. The number of ketones is 1. The molecular weight excluding hydrogens is 164 g/mol. The predicted molar refractivity (Wildman–Crippen MR) is 52.7 cm³/mol. The van der Waals surface area contributed by atoms with Crippen molar-refractivity contribution >= 4 is 5.78 Å². The third-order valence-corrected chi connectivity index (χ3v) is 2.53. The van der Waals surface area contributed by atoms with E-state index in [4.69, 9.17) is 4.74 Å². The van der Waals surface area contributed by atoms with Gasteiger partial charge in [0, 0.05) is 19.4 Å². The Morgan fingerprint density at radius 2 is 2.31 bits per heavy atom. The highest BCUT2D eigenvalue weighted by Gasteiger charge is 2.14. The topological polar surface area (TPSA) is 26.3 Å². The van der Waals surface area contributed by atoms with Gasteiger partial charge in [-0.3, -0.25) is 4.79 Å². The maximum Gasteiger partial charge on any atom is 0.132 e. The lowest BCUT2D eigenvalue weighted by atomic mass is 10.1. The summed E-state index contributed by atoms with van der Waals surface area (Å²) >= 11 is 0. The monoisotopic (exact) mass is 184 g/mol. The van der Waals surface area contributed by atoms with Crippen molar-refractivity contribution in [2.24, 2.45) is 0 Å². The molecule has 0 radical (unpaired) electrons. The molecule has 1 aliphatic rings. The van der Waals surface area contributed by atoms with Crippen LogP contribution in [0.15, 0.2) is 0 Å². The smallest absolute Gasteiger partial charge is 0.132 e. The number of carbonyl (C=O) groups excluding carboxylic acids is 1. The van der Waals surface area contributed by atoms with Crippen LogP contribution in [-0.4, -0.2) is 18.5 Å². The van der Waals surface area contributed by atoms with Gasteiger partial charge in [-0.25, -0.2) is 0 Å². The molecule has 0 N–H and O–H groups in total. The molecule has 0 saturated carbocycles. The molecule has 0 aromatic carbocycles. The van der Waals surface area contributed by atoms with Gasteiger partial charge in [0.15, 0.2) is 0 Å². The maximum atomic E-state index is 11.2. The van der Waals surface area contributed by atoms with E-state index in [2.05, 4.69) is 6.92 Å². The first-order valence-corrected chi connectivity index (χ1v) is 5.46. The van der Waals surface area contributed by atoms with Gasteiger partial charge < -0.3 is 4.74 Å². The highest BCUT2D eigenvalue weighted by molar-refractivity contribution is 5.78. The zero-order chi connectivity index (χ0) is 9.52. The van der Waals surface area contributed by atoms with E-state index in [0.717, 1.165) is 38.7 Å². The Labute approximate surface area is 80.7 Å². The van der Waals surface area contributed by atoms with Gasteiger partial charge in [0.1, 0.15) is 5.78 Å². The van der Waals surface area contributed by atoms with Crippen LogP contribution in [0.4, 0.5) is 0 Å². The summed E-state index contributed by atoms with van der Waals surface area (Å²) in [6.07, 6.45) is 7.45. The molecule has 1 rings (SSSR count). The third kappa shape index (κ3) is 4.41. The van der Waals surface area contributed by atoms with Crippen LogP contribution in [0.3, 0.4) is 0 Å². The Bertz CT molecular complexity index is 148. The Morgan fingerprint density at radius 1 is 1.46 bits per heavy atom. The van der Waals surface area contributed by atoms with Crippen LogP contribution in [0.5, 0.6) is 0 Å². The zero-order valence-corrected chi connectivity index (χ0v) is 8.55. The lowest BCUT2D eigenvalue weighted by Crippen LogP contribution is -2.06. The fourth-order valence-corrected chi connectivity index (χ4v) is 1.80. The van der Waals surface area contributed by atoms with Crippen molar-refractivity contribution in [2.75, 3.05) is 6.61 Å². The molecule has 13 heavy (non-hydrogen) atoms. The van der Waals surface area contributed by atoms with Gasteiger partial charge in [0.2, 0.25) is 0 Å². The summed E-state index contributed by atoms with van der Waals surface area (Å²) in [5, 5.41) is 0. The van der Waals surface area contributed by atoms with Gasteiger partial charge in [0.25, 0.3) is 0 Å². The van der Waals surface area contributed by atoms with Crippen molar-refractivity contribution in [1.29, 1.82) is 0 Å². The lowest BCUT2D eigenvalue weighted by molar-refractivity contribution is -0.119. The molecule has 2 nitrogen and oxygen atoms in total. The molecule has 1 saturated heterocycles. The van der Waals surface area contributed by atoms with Crippen LogP contribution in [-0.2, 0) is 9.53 Å². The van der Waals surface area contributed by atoms with Gasteiger partial charge in [-0.05, 0) is 32.1 Å². The van der Waals surface area contributed by atoms with E-state index in [-0.39, 0.29) is 0 Å². The Kier molecular flexibility index (Phi) is 5.06. The summed E-state index contributed by atoms with van der Waals surface area (Å²) in [7, 11) is 0. The Hall–Kier alpha value is -0.370. The van der Waals surface area contributed by atoms with E-state index >= 15 is 0 Å². The molecule has 0 aliphatic carbocycles. The second-order valence-electron chi connectivity index (χ2n) is 3.82. The quantitative estimate of drug-likeness (QED) is 0.634. The number of carbonyl (C=O) groups is 1. The molecule has 1 fully saturated rings. The minimum atomic E-state index is 0.417. The minimum absolute atomic E-state index is 0.417. The van der Waals surface area contributed by atoms with E-state index in [1.807, 2.05) is 0 Å². The van der Waals surface area contributed by atoms with Gasteiger partial charge in [-0.2, -0.15) is 0 Å². The van der Waals surface area contributed by atoms with Crippen LogP contribution in [0, 0.1) is 0 Å². The highest BCUT2D eigenvalue weighted by Crippen LogP contribution is 2.17. The summed E-state index contributed by atoms with van der Waals surface area (Å²) in [5.74, 6) is 0.417. The van der Waals surface area contributed by atoms with Gasteiger partial charge >= 0.3 is 0 Å². The fourth-order valence-electron chi connectivity index (χ4n) is 1.80. The van der Waals surface area contributed by atoms with Gasteiger partial charge in [-0.15, -0.1) is 0 Å². The third-order valence-electron chi connectivity index (χ3n) is 2.53. The van der Waals surface area contributed by atoms with Crippen molar-refractivity contribution < 1.29 is 9.53 Å². The van der Waals surface area contributed by atoms with Gasteiger partial charge in [0.05, 0.1) is 6.10 Å². The normalized spacial score (nSPS) is 22.1. The van der Waals surface area contributed by atoms with Crippen molar-refractivity contribution in [3.63, 3.8) is 0 Å². The number of rotatable bonds is 6. The second kappa shape index (κ2) is 6.14. The second-order valence-corrected chi connectivity index (χ2v) is 3.82. The SMILES string of the molecule is CCCC(=O)CCCC1CCCO1. The molecule has 1 atom stereocenters. The molecule has 1 unspecified atom stereocenters. The summed E-state index contributed by atoms with van der Waals surface area (Å²) in [6, 6.07) is 0. The van der Waals surface area contributed by atoms with Crippen LogP contribution in [0.1, 0.15) is 51.9 Å². The van der Waals surface area contributed by atoms with E-state index in [1.54, 1.807) is 0 Å². The first kappa shape index (κ1) is 10.7. The molecule has 1 aliphatic heterocycles. The molecule has 0 amide bonds. The van der Waals surface area contributed by atoms with Crippen LogP contribution < -0.4 is 0 Å². The summed E-state index contributed by atoms with van der Waals surface area (Å²) < 4.78 is 5.48. The average Bonchev–Trinajstić information content (AvgIpc) is 2.57. The largest absolute Gasteiger partial charge is 0.378 e. The van der Waals surface area contributed by atoms with Gasteiger partial charge in [-0.1, -0.05) is 6.92 Å². The number of hydrogen-bond donors (Lipinski definition) is 0. The number of ether oxygens (including phenoxy) is 1.